The third kappa shape index (κ3) is 3.24. The van der Waals surface area contributed by atoms with Crippen LogP contribution >= 0.6 is 0 Å². The van der Waals surface area contributed by atoms with E-state index in [1.54, 1.807) is 0 Å². The van der Waals surface area contributed by atoms with Gasteiger partial charge in [-0.05, 0) is 45.4 Å². The third-order valence-electron chi connectivity index (χ3n) is 4.98. The first-order valence-corrected chi connectivity index (χ1v) is 8.25. The van der Waals surface area contributed by atoms with E-state index in [0.29, 0.717) is 5.92 Å². The number of nitrogens with one attached hydrogen (secondary N) is 1. The highest BCUT2D eigenvalue weighted by atomic mass is 16.3. The molecule has 1 saturated carbocycles. The molecule has 1 unspecified atom stereocenters. The van der Waals surface area contributed by atoms with Crippen molar-refractivity contribution in [2.24, 2.45) is 13.0 Å². The van der Waals surface area contributed by atoms with Gasteiger partial charge in [-0.15, -0.1) is 0 Å². The molecular weight excluding hydrogens is 264 g/mol. The predicted octanol–water partition coefficient (Wildman–Crippen LogP) is 1.58. The summed E-state index contributed by atoms with van der Waals surface area (Å²) in [5.41, 5.74) is 2.48. The van der Waals surface area contributed by atoms with Crippen LogP contribution in [0.3, 0.4) is 0 Å². The summed E-state index contributed by atoms with van der Waals surface area (Å²) in [6, 6.07) is 0.721. The molecule has 1 aliphatic carbocycles. The van der Waals surface area contributed by atoms with Crippen molar-refractivity contribution in [3.05, 3.63) is 11.3 Å². The summed E-state index contributed by atoms with van der Waals surface area (Å²) in [6.45, 7) is 6.99. The lowest BCUT2D eigenvalue weighted by atomic mass is 9.92. The minimum absolute atomic E-state index is 0.184. The van der Waals surface area contributed by atoms with Crippen molar-refractivity contribution < 1.29 is 5.11 Å². The second-order valence-electron chi connectivity index (χ2n) is 6.73. The molecule has 1 saturated heterocycles. The van der Waals surface area contributed by atoms with Gasteiger partial charge in [-0.3, -0.25) is 4.68 Å². The van der Waals surface area contributed by atoms with E-state index in [-0.39, 0.29) is 6.10 Å². The second kappa shape index (κ2) is 5.97. The summed E-state index contributed by atoms with van der Waals surface area (Å²) >= 11 is 0. The Morgan fingerprint density at radius 2 is 1.95 bits per heavy atom. The fourth-order valence-corrected chi connectivity index (χ4v) is 3.42. The van der Waals surface area contributed by atoms with E-state index in [4.69, 9.17) is 0 Å². The normalized spacial score (nSPS) is 21.8. The van der Waals surface area contributed by atoms with Crippen LogP contribution in [0.25, 0.3) is 0 Å². The van der Waals surface area contributed by atoms with Crippen LogP contribution < -0.4 is 10.2 Å². The molecule has 0 spiro atoms. The molecular formula is C16H28N4O. The summed E-state index contributed by atoms with van der Waals surface area (Å²) in [7, 11) is 2.05. The standard InChI is InChI=1S/C16H28N4O/c1-11-15(10-17-14-4-5-14)16(19(3)18-11)20-8-6-13(7-9-20)12(2)21/h12-14,17,21H,4-10H2,1-3H3. The molecule has 3 rings (SSSR count). The Morgan fingerprint density at radius 1 is 1.29 bits per heavy atom. The largest absolute Gasteiger partial charge is 0.393 e. The van der Waals surface area contributed by atoms with Gasteiger partial charge in [-0.25, -0.2) is 0 Å². The second-order valence-corrected chi connectivity index (χ2v) is 6.73. The van der Waals surface area contributed by atoms with Crippen LogP contribution in [0, 0.1) is 12.8 Å². The Bertz CT molecular complexity index is 485. The van der Waals surface area contributed by atoms with Crippen molar-refractivity contribution in [1.82, 2.24) is 15.1 Å². The number of aryl methyl sites for hydroxylation is 2. The fourth-order valence-electron chi connectivity index (χ4n) is 3.42. The molecule has 2 fully saturated rings. The molecule has 2 N–H and O–H groups in total. The number of aromatic nitrogens is 2. The van der Waals surface area contributed by atoms with Crippen molar-refractivity contribution >= 4 is 5.82 Å². The van der Waals surface area contributed by atoms with Crippen LogP contribution in [0.5, 0.6) is 0 Å². The maximum absolute atomic E-state index is 9.75. The van der Waals surface area contributed by atoms with Gasteiger partial charge in [0.1, 0.15) is 5.82 Å². The Morgan fingerprint density at radius 3 is 2.52 bits per heavy atom. The number of rotatable bonds is 5. The number of hydrogen-bond donors (Lipinski definition) is 2. The molecule has 5 nitrogen and oxygen atoms in total. The average Bonchev–Trinajstić information content (AvgIpc) is 3.22. The summed E-state index contributed by atoms with van der Waals surface area (Å²) in [5, 5.41) is 18.0. The van der Waals surface area contributed by atoms with Crippen molar-refractivity contribution in [3.8, 4) is 0 Å². The summed E-state index contributed by atoms with van der Waals surface area (Å²) in [6.07, 6.45) is 4.58. The molecule has 1 atom stereocenters. The van der Waals surface area contributed by atoms with Gasteiger partial charge in [0, 0.05) is 38.3 Å². The molecule has 1 aromatic heterocycles. The third-order valence-corrected chi connectivity index (χ3v) is 4.98. The molecule has 1 aliphatic heterocycles. The van der Waals surface area contributed by atoms with Gasteiger partial charge in [0.25, 0.3) is 0 Å². The lowest BCUT2D eigenvalue weighted by Gasteiger charge is -2.35. The Kier molecular flexibility index (Phi) is 4.22. The van der Waals surface area contributed by atoms with Crippen LogP contribution in [0.1, 0.15) is 43.9 Å². The maximum Gasteiger partial charge on any atom is 0.131 e. The zero-order chi connectivity index (χ0) is 15.0. The highest BCUT2D eigenvalue weighted by molar-refractivity contribution is 5.50. The molecule has 2 heterocycles. The highest BCUT2D eigenvalue weighted by Crippen LogP contribution is 2.30. The van der Waals surface area contributed by atoms with Crippen LogP contribution in [-0.4, -0.2) is 40.1 Å². The van der Waals surface area contributed by atoms with Gasteiger partial charge in [-0.2, -0.15) is 5.10 Å². The van der Waals surface area contributed by atoms with Gasteiger partial charge >= 0.3 is 0 Å². The van der Waals surface area contributed by atoms with Crippen molar-refractivity contribution in [2.45, 2.75) is 58.2 Å². The topological polar surface area (TPSA) is 53.3 Å². The summed E-state index contributed by atoms with van der Waals surface area (Å²) < 4.78 is 2.03. The Labute approximate surface area is 127 Å². The van der Waals surface area contributed by atoms with Crippen LogP contribution in [0.4, 0.5) is 5.82 Å². The zero-order valence-corrected chi connectivity index (χ0v) is 13.5. The van der Waals surface area contributed by atoms with Gasteiger partial charge in [-0.1, -0.05) is 0 Å². The van der Waals surface area contributed by atoms with Gasteiger partial charge in [0.05, 0.1) is 11.8 Å². The molecule has 21 heavy (non-hydrogen) atoms. The van der Waals surface area contributed by atoms with Gasteiger partial charge in [0.15, 0.2) is 0 Å². The molecule has 0 amide bonds. The predicted molar refractivity (Wildman–Crippen MR) is 84.4 cm³/mol. The zero-order valence-electron chi connectivity index (χ0n) is 13.5. The summed E-state index contributed by atoms with van der Waals surface area (Å²) in [5.74, 6) is 1.72. The van der Waals surface area contributed by atoms with Crippen LogP contribution in [-0.2, 0) is 13.6 Å². The molecule has 2 aliphatic rings. The number of anilines is 1. The minimum Gasteiger partial charge on any atom is -0.393 e. The first kappa shape index (κ1) is 14.9. The van der Waals surface area contributed by atoms with Crippen LogP contribution in [0.15, 0.2) is 0 Å². The molecule has 0 bridgehead atoms. The van der Waals surface area contributed by atoms with E-state index in [2.05, 4.69) is 22.2 Å². The Balaban J connectivity index is 1.71. The summed E-state index contributed by atoms with van der Waals surface area (Å²) in [4.78, 5) is 2.45. The average molecular weight is 292 g/mol. The number of aliphatic hydroxyl groups is 1. The number of aliphatic hydroxyl groups excluding tert-OH is 1. The monoisotopic (exact) mass is 292 g/mol. The first-order valence-electron chi connectivity index (χ1n) is 8.25. The fraction of sp³-hybridized carbons (Fsp3) is 0.812. The number of nitrogens with zero attached hydrogens (tertiary/aromatic N) is 3. The first-order chi connectivity index (χ1) is 10.1. The van der Waals surface area contributed by atoms with Crippen molar-refractivity contribution in [1.29, 1.82) is 0 Å². The highest BCUT2D eigenvalue weighted by Gasteiger charge is 2.28. The number of piperidine rings is 1. The van der Waals surface area contributed by atoms with E-state index in [0.717, 1.165) is 44.2 Å². The van der Waals surface area contributed by atoms with E-state index in [9.17, 15) is 5.11 Å². The quantitative estimate of drug-likeness (QED) is 0.865. The van der Waals surface area contributed by atoms with E-state index < -0.39 is 0 Å². The van der Waals surface area contributed by atoms with Crippen molar-refractivity contribution in [2.75, 3.05) is 18.0 Å². The van der Waals surface area contributed by atoms with Crippen molar-refractivity contribution in [3.63, 3.8) is 0 Å². The lowest BCUT2D eigenvalue weighted by Crippen LogP contribution is -2.38. The lowest BCUT2D eigenvalue weighted by molar-refractivity contribution is 0.109. The van der Waals surface area contributed by atoms with E-state index in [1.165, 1.54) is 24.2 Å². The molecule has 0 aromatic carbocycles. The SMILES string of the molecule is Cc1nn(C)c(N2CCC(C(C)O)CC2)c1CNC1CC1. The molecule has 1 aromatic rings. The molecule has 5 heteroatoms. The van der Waals surface area contributed by atoms with Crippen LogP contribution in [0.2, 0.25) is 0 Å². The molecule has 118 valence electrons. The molecule has 0 radical (unpaired) electrons. The Hall–Kier alpha value is -1.07. The van der Waals surface area contributed by atoms with Gasteiger partial charge < -0.3 is 15.3 Å². The minimum atomic E-state index is -0.184. The van der Waals surface area contributed by atoms with E-state index >= 15 is 0 Å². The smallest absolute Gasteiger partial charge is 0.131 e. The maximum atomic E-state index is 9.75. The van der Waals surface area contributed by atoms with Gasteiger partial charge in [0.2, 0.25) is 0 Å². The number of hydrogen-bond acceptors (Lipinski definition) is 4. The van der Waals surface area contributed by atoms with E-state index in [1.807, 2.05) is 18.7 Å².